The van der Waals surface area contributed by atoms with Gasteiger partial charge in [-0.3, -0.25) is 18.6 Å². The zero-order valence-corrected chi connectivity index (χ0v) is 39.3. The van der Waals surface area contributed by atoms with E-state index in [9.17, 15) is 49.7 Å². The van der Waals surface area contributed by atoms with Crippen molar-refractivity contribution in [2.75, 3.05) is 13.2 Å². The number of hydrogen-bond acceptors (Lipinski definition) is 13. The zero-order chi connectivity index (χ0) is 47.3. The van der Waals surface area contributed by atoms with E-state index in [4.69, 9.17) is 18.5 Å². The van der Waals surface area contributed by atoms with Gasteiger partial charge in [0.05, 0.1) is 12.7 Å². The monoisotopic (exact) mass is 925 g/mol. The SMILES string of the molecule is CCCCC/C=C\C/C=C\C/C=C\CCCCCCC(=O)O[C@H](COC(=O)CCC/C=C\C/C=C\C/C=C\C/C=C\[C@@H](O)CCCC)COP(=O)(O)OC1[C@H](O)[C@H](O)C(O)[C@H](O)[C@H]1O. The van der Waals surface area contributed by atoms with Crippen LogP contribution in [-0.4, -0.2) is 110 Å². The summed E-state index contributed by atoms with van der Waals surface area (Å²) in [6, 6.07) is 0. The second kappa shape index (κ2) is 38.1. The van der Waals surface area contributed by atoms with Crippen LogP contribution in [0.2, 0.25) is 0 Å². The lowest BCUT2D eigenvalue weighted by Gasteiger charge is -2.41. The molecule has 0 heterocycles. The molecule has 14 nitrogen and oxygen atoms in total. The number of allylic oxidation sites excluding steroid dienone is 13. The quantitative estimate of drug-likeness (QED) is 0.0135. The predicted octanol–water partition coefficient (Wildman–Crippen LogP) is 8.25. The van der Waals surface area contributed by atoms with E-state index in [0.29, 0.717) is 19.3 Å². The molecule has 0 aliphatic heterocycles. The fourth-order valence-corrected chi connectivity index (χ4v) is 7.39. The van der Waals surface area contributed by atoms with Crippen LogP contribution in [-0.2, 0) is 32.7 Å². The maximum Gasteiger partial charge on any atom is 0.472 e. The predicted molar refractivity (Wildman–Crippen MR) is 250 cm³/mol. The van der Waals surface area contributed by atoms with Crippen LogP contribution >= 0.6 is 7.82 Å². The van der Waals surface area contributed by atoms with Gasteiger partial charge in [0.2, 0.25) is 0 Å². The molecule has 1 saturated carbocycles. The first-order valence-corrected chi connectivity index (χ1v) is 25.0. The van der Waals surface area contributed by atoms with Crippen LogP contribution in [0.5, 0.6) is 0 Å². The molecular formula is C49H81O14P. The third kappa shape index (κ3) is 30.2. The summed E-state index contributed by atoms with van der Waals surface area (Å²) in [5.41, 5.74) is 0. The van der Waals surface area contributed by atoms with Gasteiger partial charge in [0, 0.05) is 12.8 Å². The average Bonchev–Trinajstić information content (AvgIpc) is 3.27. The molecule has 3 unspecified atom stereocenters. The maximum absolute atomic E-state index is 12.8. The molecule has 1 fully saturated rings. The summed E-state index contributed by atoms with van der Waals surface area (Å²) in [6.07, 6.45) is 32.5. The molecule has 0 spiro atoms. The molecule has 0 aromatic carbocycles. The van der Waals surface area contributed by atoms with Crippen molar-refractivity contribution in [2.24, 2.45) is 0 Å². The summed E-state index contributed by atoms with van der Waals surface area (Å²) in [4.78, 5) is 35.7. The summed E-state index contributed by atoms with van der Waals surface area (Å²) in [7, 11) is -5.15. The fourth-order valence-electron chi connectivity index (χ4n) is 6.42. The van der Waals surface area contributed by atoms with Gasteiger partial charge in [0.25, 0.3) is 0 Å². The first kappa shape index (κ1) is 59.0. The van der Waals surface area contributed by atoms with Gasteiger partial charge in [-0.1, -0.05) is 137 Å². The summed E-state index contributed by atoms with van der Waals surface area (Å²) >= 11 is 0. The van der Waals surface area contributed by atoms with E-state index >= 15 is 0 Å². The molecule has 0 aromatic rings. The van der Waals surface area contributed by atoms with Gasteiger partial charge in [-0.15, -0.1) is 0 Å². The molecule has 0 bridgehead atoms. The van der Waals surface area contributed by atoms with Crippen LogP contribution in [0, 0.1) is 0 Å². The Morgan fingerprint density at radius 1 is 0.547 bits per heavy atom. The number of phosphoric acid groups is 1. The van der Waals surface area contributed by atoms with Crippen LogP contribution in [0.1, 0.15) is 149 Å². The molecule has 1 aliphatic rings. The highest BCUT2D eigenvalue weighted by Gasteiger charge is 2.51. The standard InChI is InChI=1S/C49H81O14P/c1-3-5-7-8-9-10-11-12-13-14-15-16-21-24-27-30-33-37-43(52)62-41(39-61-64(58,59)63-49-47(56)45(54)44(53)46(55)48(49)57)38-60-42(51)36-32-29-26-23-20-18-17-19-22-25-28-31-35-40(50)34-6-4-2/h9-10,12-13,15-18,22-23,25-26,31,35,40-41,44-50,53-57H,3-8,11,14,19-21,24,27-30,32-34,36-39H2,1-2H3,(H,58,59)/b10-9-,13-12-,16-15-,18-17-,25-22-,26-23-,35-31-/t40-,41+,44?,45-,46+,47+,48+,49?/m0/s1. The third-order valence-corrected chi connectivity index (χ3v) is 11.3. The molecule has 0 radical (unpaired) electrons. The van der Waals surface area contributed by atoms with Gasteiger partial charge in [0.15, 0.2) is 6.10 Å². The number of aliphatic hydroxyl groups is 6. The molecule has 0 amide bonds. The highest BCUT2D eigenvalue weighted by Crippen LogP contribution is 2.47. The first-order valence-electron chi connectivity index (χ1n) is 23.5. The van der Waals surface area contributed by atoms with Gasteiger partial charge in [-0.25, -0.2) is 4.57 Å². The molecule has 15 heteroatoms. The van der Waals surface area contributed by atoms with Crippen molar-refractivity contribution in [1.29, 1.82) is 0 Å². The zero-order valence-electron chi connectivity index (χ0n) is 38.4. The van der Waals surface area contributed by atoms with E-state index in [1.54, 1.807) is 0 Å². The number of aliphatic hydroxyl groups excluding tert-OH is 6. The Kier molecular flexibility index (Phi) is 35.2. The van der Waals surface area contributed by atoms with Gasteiger partial charge in [0.1, 0.15) is 43.2 Å². The molecule has 9 atom stereocenters. The second-order valence-electron chi connectivity index (χ2n) is 16.1. The van der Waals surface area contributed by atoms with Crippen molar-refractivity contribution < 1.29 is 68.2 Å². The molecule has 0 saturated heterocycles. The number of ether oxygens (including phenoxy) is 2. The van der Waals surface area contributed by atoms with E-state index in [2.05, 4.69) is 68.5 Å². The number of esters is 2. The van der Waals surface area contributed by atoms with Crippen molar-refractivity contribution >= 4 is 19.8 Å². The Bertz CT molecular complexity index is 1460. The number of hydrogen-bond donors (Lipinski definition) is 7. The number of unbranched alkanes of at least 4 members (excludes halogenated alkanes) is 9. The summed E-state index contributed by atoms with van der Waals surface area (Å²) in [6.45, 7) is 3.04. The molecule has 64 heavy (non-hydrogen) atoms. The van der Waals surface area contributed by atoms with Gasteiger partial charge in [-0.2, -0.15) is 0 Å². The maximum atomic E-state index is 12.8. The Balaban J connectivity index is 2.53. The minimum Gasteiger partial charge on any atom is -0.462 e. The first-order chi connectivity index (χ1) is 30.8. The lowest BCUT2D eigenvalue weighted by atomic mass is 9.85. The fraction of sp³-hybridized carbons (Fsp3) is 0.673. The van der Waals surface area contributed by atoms with Crippen LogP contribution < -0.4 is 0 Å². The Morgan fingerprint density at radius 3 is 1.55 bits per heavy atom. The van der Waals surface area contributed by atoms with E-state index in [1.165, 1.54) is 19.3 Å². The van der Waals surface area contributed by atoms with E-state index in [1.807, 2.05) is 30.4 Å². The topological polar surface area (TPSA) is 230 Å². The summed E-state index contributed by atoms with van der Waals surface area (Å²) < 4.78 is 33.4. The van der Waals surface area contributed by atoms with Crippen molar-refractivity contribution in [2.45, 2.75) is 198 Å². The highest BCUT2D eigenvalue weighted by atomic mass is 31.2. The molecule has 7 N–H and O–H groups in total. The Morgan fingerprint density at radius 2 is 1.00 bits per heavy atom. The largest absolute Gasteiger partial charge is 0.472 e. The number of carbonyl (C=O) groups is 2. The van der Waals surface area contributed by atoms with E-state index in [-0.39, 0.29) is 18.9 Å². The summed E-state index contributed by atoms with van der Waals surface area (Å²) in [5, 5.41) is 60.0. The summed E-state index contributed by atoms with van der Waals surface area (Å²) in [5.74, 6) is -1.22. The molecule has 1 aliphatic carbocycles. The number of rotatable bonds is 37. The molecule has 366 valence electrons. The lowest BCUT2D eigenvalue weighted by Crippen LogP contribution is -2.64. The third-order valence-electron chi connectivity index (χ3n) is 10.3. The number of carbonyl (C=O) groups excluding carboxylic acids is 2. The molecule has 1 rings (SSSR count). The lowest BCUT2D eigenvalue weighted by molar-refractivity contribution is -0.220. The normalized spacial score (nSPS) is 22.8. The van der Waals surface area contributed by atoms with Crippen LogP contribution in [0.3, 0.4) is 0 Å². The van der Waals surface area contributed by atoms with Crippen molar-refractivity contribution in [1.82, 2.24) is 0 Å². The molecule has 0 aromatic heterocycles. The van der Waals surface area contributed by atoms with Crippen LogP contribution in [0.4, 0.5) is 0 Å². The van der Waals surface area contributed by atoms with E-state index in [0.717, 1.165) is 83.5 Å². The van der Waals surface area contributed by atoms with Gasteiger partial charge in [-0.05, 0) is 83.5 Å². The van der Waals surface area contributed by atoms with Gasteiger partial charge < -0.3 is 45.0 Å². The second-order valence-corrected chi connectivity index (χ2v) is 17.5. The minimum absolute atomic E-state index is 0.0465. The Labute approximate surface area is 382 Å². The number of phosphoric ester groups is 1. The van der Waals surface area contributed by atoms with Crippen LogP contribution in [0.15, 0.2) is 85.1 Å². The minimum atomic E-state index is -5.15. The van der Waals surface area contributed by atoms with Crippen LogP contribution in [0.25, 0.3) is 0 Å². The van der Waals surface area contributed by atoms with Crippen molar-refractivity contribution in [3.05, 3.63) is 85.1 Å². The smallest absolute Gasteiger partial charge is 0.462 e. The average molecular weight is 925 g/mol. The van der Waals surface area contributed by atoms with Crippen molar-refractivity contribution in [3.63, 3.8) is 0 Å². The van der Waals surface area contributed by atoms with Gasteiger partial charge >= 0.3 is 19.8 Å². The van der Waals surface area contributed by atoms with Crippen molar-refractivity contribution in [3.8, 4) is 0 Å². The molecular weight excluding hydrogens is 843 g/mol. The Hall–Kier alpha value is -3.01. The van der Waals surface area contributed by atoms with E-state index < -0.39 is 75.7 Å². The highest BCUT2D eigenvalue weighted by molar-refractivity contribution is 7.47.